The van der Waals surface area contributed by atoms with Crippen LogP contribution >= 0.6 is 22.9 Å². The van der Waals surface area contributed by atoms with Crippen molar-refractivity contribution in [2.24, 2.45) is 5.92 Å². The number of anilines is 1. The molecule has 4 aromatic rings. The second-order valence-corrected chi connectivity index (χ2v) is 10.8. The van der Waals surface area contributed by atoms with E-state index in [0.717, 1.165) is 41.6 Å². The van der Waals surface area contributed by atoms with E-state index < -0.39 is 0 Å². The Kier molecular flexibility index (Phi) is 6.81. The number of nitrogens with zero attached hydrogens (tertiary/aromatic N) is 4. The van der Waals surface area contributed by atoms with Gasteiger partial charge in [0.2, 0.25) is 5.95 Å². The quantitative estimate of drug-likeness (QED) is 0.369. The van der Waals surface area contributed by atoms with Crippen LogP contribution in [0.5, 0.6) is 0 Å². The average molecular weight is 513 g/mol. The van der Waals surface area contributed by atoms with Crippen LogP contribution in [0.2, 0.25) is 5.02 Å². The molecule has 0 spiro atoms. The molecule has 0 radical (unpaired) electrons. The van der Waals surface area contributed by atoms with Crippen LogP contribution in [0.4, 0.5) is 5.95 Å². The van der Waals surface area contributed by atoms with Crippen LogP contribution < -0.4 is 10.5 Å². The summed E-state index contributed by atoms with van der Waals surface area (Å²) in [6, 6.07) is 7.08. The number of aromatic nitrogens is 3. The lowest BCUT2D eigenvalue weighted by Gasteiger charge is -2.25. The summed E-state index contributed by atoms with van der Waals surface area (Å²) in [7, 11) is 0. The van der Waals surface area contributed by atoms with Crippen molar-refractivity contribution in [2.75, 3.05) is 31.2 Å². The standard InChI is InChI=1S/C26H29ClN4O3S/c1-15(2)13-20-18-7-4-8-19(18)21-22-23(35-24(21)28-20)25(34)31(17-6-3-5-16(27)14-17)26(29-22)30(9-11-32)10-12-33/h3,5-6,14-15,32-33H,4,7-13H2,1-2H3. The number of aliphatic hydroxyl groups is 2. The third-order valence-corrected chi connectivity index (χ3v) is 7.76. The van der Waals surface area contributed by atoms with Crippen LogP contribution in [-0.4, -0.2) is 51.1 Å². The molecule has 0 fully saturated rings. The number of fused-ring (bicyclic) bond motifs is 5. The normalized spacial score (nSPS) is 13.3. The van der Waals surface area contributed by atoms with Crippen LogP contribution in [0, 0.1) is 5.92 Å². The fraction of sp³-hybridized carbons (Fsp3) is 0.423. The van der Waals surface area contributed by atoms with Gasteiger partial charge in [-0.25, -0.2) is 14.5 Å². The van der Waals surface area contributed by atoms with Gasteiger partial charge in [-0.05, 0) is 60.9 Å². The van der Waals surface area contributed by atoms with Crippen molar-refractivity contribution in [3.8, 4) is 5.69 Å². The third kappa shape index (κ3) is 4.33. The molecule has 5 rings (SSSR count). The molecule has 0 saturated heterocycles. The first-order chi connectivity index (χ1) is 16.9. The van der Waals surface area contributed by atoms with E-state index in [1.807, 2.05) is 6.07 Å². The zero-order valence-corrected chi connectivity index (χ0v) is 21.5. The number of rotatable bonds is 8. The van der Waals surface area contributed by atoms with Crippen LogP contribution in [0.3, 0.4) is 0 Å². The SMILES string of the molecule is CC(C)Cc1nc2sc3c(=O)n(-c4cccc(Cl)c4)c(N(CCO)CCO)nc3c2c2c1CCC2. The number of aryl methyl sites for hydroxylation is 1. The predicted molar refractivity (Wildman–Crippen MR) is 142 cm³/mol. The molecule has 2 N–H and O–H groups in total. The van der Waals surface area contributed by atoms with Crippen molar-refractivity contribution >= 4 is 49.3 Å². The van der Waals surface area contributed by atoms with E-state index in [2.05, 4.69) is 13.8 Å². The fourth-order valence-corrected chi connectivity index (χ4v) is 6.33. The molecule has 9 heteroatoms. The van der Waals surface area contributed by atoms with E-state index in [0.29, 0.717) is 32.8 Å². The van der Waals surface area contributed by atoms with Gasteiger partial charge in [0, 0.05) is 29.2 Å². The Morgan fingerprint density at radius 3 is 2.57 bits per heavy atom. The molecule has 1 aromatic carbocycles. The molecule has 184 valence electrons. The summed E-state index contributed by atoms with van der Waals surface area (Å²) in [6.45, 7) is 4.60. The van der Waals surface area contributed by atoms with E-state index >= 15 is 0 Å². The predicted octanol–water partition coefficient (Wildman–Crippen LogP) is 4.13. The molecular weight excluding hydrogens is 484 g/mol. The molecule has 0 atom stereocenters. The van der Waals surface area contributed by atoms with Crippen molar-refractivity contribution < 1.29 is 10.2 Å². The van der Waals surface area contributed by atoms with Gasteiger partial charge in [-0.3, -0.25) is 4.79 Å². The summed E-state index contributed by atoms with van der Waals surface area (Å²) in [5.41, 5.74) is 4.77. The average Bonchev–Trinajstić information content (AvgIpc) is 3.43. The highest BCUT2D eigenvalue weighted by molar-refractivity contribution is 7.25. The van der Waals surface area contributed by atoms with Gasteiger partial charge >= 0.3 is 0 Å². The van der Waals surface area contributed by atoms with Gasteiger partial charge in [-0.15, -0.1) is 11.3 Å². The fourth-order valence-electron chi connectivity index (χ4n) is 5.05. The maximum atomic E-state index is 14.0. The number of hydrogen-bond acceptors (Lipinski definition) is 7. The summed E-state index contributed by atoms with van der Waals surface area (Å²) in [6.07, 6.45) is 3.95. The Hall–Kier alpha value is -2.52. The molecular formula is C26H29ClN4O3S. The van der Waals surface area contributed by atoms with Gasteiger partial charge in [0.1, 0.15) is 15.0 Å². The Morgan fingerprint density at radius 2 is 1.89 bits per heavy atom. The number of thiophene rings is 1. The maximum Gasteiger partial charge on any atom is 0.277 e. The minimum absolute atomic E-state index is 0.136. The molecule has 3 aromatic heterocycles. The van der Waals surface area contributed by atoms with Gasteiger partial charge in [-0.2, -0.15) is 0 Å². The zero-order valence-electron chi connectivity index (χ0n) is 19.9. The molecule has 1 aliphatic rings. The number of aliphatic hydroxyl groups excluding tert-OH is 2. The smallest absolute Gasteiger partial charge is 0.277 e. The van der Waals surface area contributed by atoms with Crippen molar-refractivity contribution in [3.05, 3.63) is 56.5 Å². The van der Waals surface area contributed by atoms with E-state index in [-0.39, 0.29) is 31.9 Å². The van der Waals surface area contributed by atoms with Crippen molar-refractivity contribution in [3.63, 3.8) is 0 Å². The minimum Gasteiger partial charge on any atom is -0.395 e. The molecule has 3 heterocycles. The first-order valence-corrected chi connectivity index (χ1v) is 13.2. The third-order valence-electron chi connectivity index (χ3n) is 6.47. The summed E-state index contributed by atoms with van der Waals surface area (Å²) in [5, 5.41) is 20.9. The van der Waals surface area contributed by atoms with Gasteiger partial charge in [0.05, 0.1) is 18.9 Å². The lowest BCUT2D eigenvalue weighted by atomic mass is 9.99. The maximum absolute atomic E-state index is 14.0. The molecule has 0 bridgehead atoms. The lowest BCUT2D eigenvalue weighted by Crippen LogP contribution is -2.36. The molecule has 0 unspecified atom stereocenters. The number of pyridine rings is 1. The van der Waals surface area contributed by atoms with Crippen LogP contribution in [0.25, 0.3) is 26.1 Å². The second-order valence-electron chi connectivity index (χ2n) is 9.39. The molecule has 7 nitrogen and oxygen atoms in total. The Morgan fingerprint density at radius 1 is 1.14 bits per heavy atom. The Balaban J connectivity index is 1.86. The highest BCUT2D eigenvalue weighted by Crippen LogP contribution is 2.40. The van der Waals surface area contributed by atoms with E-state index in [4.69, 9.17) is 21.6 Å². The monoisotopic (exact) mass is 512 g/mol. The van der Waals surface area contributed by atoms with Gasteiger partial charge in [-0.1, -0.05) is 31.5 Å². The summed E-state index contributed by atoms with van der Waals surface area (Å²) < 4.78 is 2.09. The number of benzene rings is 1. The first kappa shape index (κ1) is 24.2. The number of hydrogen-bond donors (Lipinski definition) is 2. The van der Waals surface area contributed by atoms with Gasteiger partial charge < -0.3 is 15.1 Å². The lowest BCUT2D eigenvalue weighted by molar-refractivity contribution is 0.279. The van der Waals surface area contributed by atoms with Gasteiger partial charge in [0.15, 0.2) is 0 Å². The van der Waals surface area contributed by atoms with Crippen molar-refractivity contribution in [1.82, 2.24) is 14.5 Å². The Bertz CT molecular complexity index is 1460. The largest absolute Gasteiger partial charge is 0.395 e. The van der Waals surface area contributed by atoms with Crippen LogP contribution in [0.1, 0.15) is 37.1 Å². The van der Waals surface area contributed by atoms with E-state index in [9.17, 15) is 15.0 Å². The highest BCUT2D eigenvalue weighted by atomic mass is 35.5. The Labute approximate surface area is 212 Å². The van der Waals surface area contributed by atoms with Gasteiger partial charge in [0.25, 0.3) is 5.56 Å². The summed E-state index contributed by atoms with van der Waals surface area (Å²) >= 11 is 7.67. The summed E-state index contributed by atoms with van der Waals surface area (Å²) in [5.74, 6) is 0.875. The van der Waals surface area contributed by atoms with Crippen molar-refractivity contribution in [2.45, 2.75) is 39.5 Å². The molecule has 0 amide bonds. The van der Waals surface area contributed by atoms with Crippen LogP contribution in [-0.2, 0) is 19.3 Å². The molecule has 0 aliphatic heterocycles. The second kappa shape index (κ2) is 9.85. The first-order valence-electron chi connectivity index (χ1n) is 12.1. The number of halogens is 1. The van der Waals surface area contributed by atoms with Crippen LogP contribution in [0.15, 0.2) is 29.1 Å². The molecule has 1 aliphatic carbocycles. The van der Waals surface area contributed by atoms with Crippen molar-refractivity contribution in [1.29, 1.82) is 0 Å². The summed E-state index contributed by atoms with van der Waals surface area (Å²) in [4.78, 5) is 26.7. The topological polar surface area (TPSA) is 91.5 Å². The zero-order chi connectivity index (χ0) is 24.7. The molecule has 0 saturated carbocycles. The van der Waals surface area contributed by atoms with E-state index in [1.54, 1.807) is 23.1 Å². The minimum atomic E-state index is -0.201. The van der Waals surface area contributed by atoms with E-state index in [1.165, 1.54) is 27.0 Å². The highest BCUT2D eigenvalue weighted by Gasteiger charge is 2.27. The molecule has 35 heavy (non-hydrogen) atoms.